The highest BCUT2D eigenvalue weighted by Gasteiger charge is 2.11. The minimum Gasteiger partial charge on any atom is -0.469 e. The Bertz CT molecular complexity index is 746. The van der Waals surface area contributed by atoms with Crippen molar-refractivity contribution in [2.75, 3.05) is 0 Å². The Balaban J connectivity index is 1.53. The fraction of sp³-hybridized carbons (Fsp3) is 0.294. The molecular weight excluding hydrogens is 278 g/mol. The maximum Gasteiger partial charge on any atom is 0.241 e. The maximum atomic E-state index is 12.1. The van der Waals surface area contributed by atoms with E-state index in [4.69, 9.17) is 4.42 Å². The van der Waals surface area contributed by atoms with Crippen LogP contribution < -0.4 is 5.32 Å². The van der Waals surface area contributed by atoms with Gasteiger partial charge in [-0.1, -0.05) is 18.2 Å². The molecule has 0 saturated heterocycles. The van der Waals surface area contributed by atoms with Gasteiger partial charge < -0.3 is 9.73 Å². The molecule has 0 saturated carbocycles. The van der Waals surface area contributed by atoms with Gasteiger partial charge >= 0.3 is 0 Å². The zero-order valence-corrected chi connectivity index (χ0v) is 12.5. The van der Waals surface area contributed by atoms with Crippen molar-refractivity contribution in [3.05, 3.63) is 54.6 Å². The summed E-state index contributed by atoms with van der Waals surface area (Å²) in [6.45, 7) is 2.24. The highest BCUT2D eigenvalue weighted by Crippen LogP contribution is 2.12. The largest absolute Gasteiger partial charge is 0.469 e. The number of benzene rings is 1. The van der Waals surface area contributed by atoms with Crippen molar-refractivity contribution in [3.63, 3.8) is 0 Å². The third-order valence-electron chi connectivity index (χ3n) is 3.66. The minimum absolute atomic E-state index is 0.0270. The molecule has 1 N–H and O–H groups in total. The lowest BCUT2D eigenvalue weighted by molar-refractivity contribution is -0.122. The topological polar surface area (TPSA) is 60.1 Å². The molecule has 5 heteroatoms. The van der Waals surface area contributed by atoms with Crippen molar-refractivity contribution in [3.8, 4) is 0 Å². The molecule has 0 aliphatic carbocycles. The van der Waals surface area contributed by atoms with Crippen LogP contribution in [-0.2, 0) is 17.8 Å². The summed E-state index contributed by atoms with van der Waals surface area (Å²) >= 11 is 0. The molecule has 0 spiro atoms. The van der Waals surface area contributed by atoms with Gasteiger partial charge in [-0.05, 0) is 31.5 Å². The highest BCUT2D eigenvalue weighted by atomic mass is 16.3. The van der Waals surface area contributed by atoms with Gasteiger partial charge in [-0.25, -0.2) is 0 Å². The van der Waals surface area contributed by atoms with E-state index in [1.54, 1.807) is 17.1 Å². The maximum absolute atomic E-state index is 12.1. The number of aromatic nitrogens is 2. The molecule has 1 atom stereocenters. The Hall–Kier alpha value is -2.56. The second kappa shape index (κ2) is 6.47. The van der Waals surface area contributed by atoms with Crippen LogP contribution >= 0.6 is 0 Å². The van der Waals surface area contributed by atoms with Gasteiger partial charge in [-0.15, -0.1) is 0 Å². The number of fused-ring (bicyclic) bond motifs is 1. The molecule has 0 bridgehead atoms. The summed E-state index contributed by atoms with van der Waals surface area (Å²) in [4.78, 5) is 12.1. The average molecular weight is 297 g/mol. The van der Waals surface area contributed by atoms with Gasteiger partial charge in [0, 0.05) is 17.8 Å². The summed E-state index contributed by atoms with van der Waals surface area (Å²) in [6.07, 6.45) is 5.11. The van der Waals surface area contributed by atoms with Gasteiger partial charge in [0.2, 0.25) is 5.91 Å². The lowest BCUT2D eigenvalue weighted by Gasteiger charge is -2.13. The van der Waals surface area contributed by atoms with Gasteiger partial charge in [-0.3, -0.25) is 9.48 Å². The molecule has 114 valence electrons. The van der Waals surface area contributed by atoms with Crippen molar-refractivity contribution in [1.82, 2.24) is 15.1 Å². The number of amides is 1. The first-order valence-corrected chi connectivity index (χ1v) is 7.44. The molecule has 2 heterocycles. The Morgan fingerprint density at radius 1 is 1.32 bits per heavy atom. The number of aryl methyl sites for hydroxylation is 1. The SMILES string of the molecule is CC(CCc1ccco1)NC(=O)Cn1ncc2ccccc21. The quantitative estimate of drug-likeness (QED) is 0.761. The van der Waals surface area contributed by atoms with E-state index in [0.717, 1.165) is 29.5 Å². The number of nitrogens with zero attached hydrogens (tertiary/aromatic N) is 2. The van der Waals surface area contributed by atoms with Crippen LogP contribution in [0.3, 0.4) is 0 Å². The monoisotopic (exact) mass is 297 g/mol. The molecule has 0 aliphatic rings. The molecule has 1 amide bonds. The predicted molar refractivity (Wildman–Crippen MR) is 84.4 cm³/mol. The van der Waals surface area contributed by atoms with Crippen LogP contribution in [0, 0.1) is 0 Å². The third kappa shape index (κ3) is 3.36. The van der Waals surface area contributed by atoms with Crippen molar-refractivity contribution in [1.29, 1.82) is 0 Å². The molecule has 1 unspecified atom stereocenters. The summed E-state index contributed by atoms with van der Waals surface area (Å²) in [5.74, 6) is 0.917. The number of hydrogen-bond donors (Lipinski definition) is 1. The van der Waals surface area contributed by atoms with E-state index in [0.29, 0.717) is 0 Å². The van der Waals surface area contributed by atoms with E-state index in [-0.39, 0.29) is 18.5 Å². The summed E-state index contributed by atoms with van der Waals surface area (Å²) in [6, 6.07) is 11.8. The van der Waals surface area contributed by atoms with Gasteiger partial charge in [0.05, 0.1) is 18.0 Å². The van der Waals surface area contributed by atoms with Crippen LogP contribution in [0.1, 0.15) is 19.1 Å². The van der Waals surface area contributed by atoms with E-state index in [1.807, 2.05) is 43.3 Å². The Morgan fingerprint density at radius 2 is 2.18 bits per heavy atom. The normalized spacial score (nSPS) is 12.4. The average Bonchev–Trinajstić information content (AvgIpc) is 3.15. The number of para-hydroxylation sites is 1. The van der Waals surface area contributed by atoms with Gasteiger partial charge in [-0.2, -0.15) is 5.10 Å². The molecule has 22 heavy (non-hydrogen) atoms. The highest BCUT2D eigenvalue weighted by molar-refractivity contribution is 5.82. The summed E-state index contributed by atoms with van der Waals surface area (Å²) in [5, 5.41) is 8.32. The molecule has 0 radical (unpaired) electrons. The number of rotatable bonds is 6. The first kappa shape index (κ1) is 14.4. The van der Waals surface area contributed by atoms with Gasteiger partial charge in [0.25, 0.3) is 0 Å². The molecule has 0 aliphatic heterocycles. The summed E-state index contributed by atoms with van der Waals surface area (Å²) in [5.41, 5.74) is 0.973. The standard InChI is InChI=1S/C17H19N3O2/c1-13(8-9-15-6-4-10-22-15)19-17(21)12-20-16-7-3-2-5-14(16)11-18-20/h2-7,10-11,13H,8-9,12H2,1H3,(H,19,21). The first-order valence-electron chi connectivity index (χ1n) is 7.44. The summed E-state index contributed by atoms with van der Waals surface area (Å²) < 4.78 is 7.02. The summed E-state index contributed by atoms with van der Waals surface area (Å²) in [7, 11) is 0. The smallest absolute Gasteiger partial charge is 0.241 e. The lowest BCUT2D eigenvalue weighted by atomic mass is 10.1. The predicted octanol–water partition coefficient (Wildman–Crippen LogP) is 2.77. The number of furan rings is 1. The van der Waals surface area contributed by atoms with Crippen LogP contribution in [0.25, 0.3) is 10.9 Å². The van der Waals surface area contributed by atoms with Crippen molar-refractivity contribution >= 4 is 16.8 Å². The molecule has 3 rings (SSSR count). The van der Waals surface area contributed by atoms with Gasteiger partial charge in [0.1, 0.15) is 12.3 Å². The van der Waals surface area contributed by atoms with E-state index < -0.39 is 0 Å². The molecule has 2 aromatic heterocycles. The molecule has 3 aromatic rings. The van der Waals surface area contributed by atoms with Crippen molar-refractivity contribution in [2.45, 2.75) is 32.4 Å². The van der Waals surface area contributed by atoms with Crippen LogP contribution in [-0.4, -0.2) is 21.7 Å². The number of nitrogens with one attached hydrogen (secondary N) is 1. The van der Waals surface area contributed by atoms with E-state index in [1.165, 1.54) is 0 Å². The Morgan fingerprint density at radius 3 is 3.00 bits per heavy atom. The second-order valence-corrected chi connectivity index (χ2v) is 5.45. The van der Waals surface area contributed by atoms with Gasteiger partial charge in [0.15, 0.2) is 0 Å². The number of carbonyl (C=O) groups excluding carboxylic acids is 1. The number of hydrogen-bond acceptors (Lipinski definition) is 3. The first-order chi connectivity index (χ1) is 10.7. The lowest BCUT2D eigenvalue weighted by Crippen LogP contribution is -2.35. The molecule has 1 aromatic carbocycles. The second-order valence-electron chi connectivity index (χ2n) is 5.45. The van der Waals surface area contributed by atoms with Crippen LogP contribution in [0.2, 0.25) is 0 Å². The Kier molecular flexibility index (Phi) is 4.23. The minimum atomic E-state index is -0.0270. The molecule has 0 fully saturated rings. The van der Waals surface area contributed by atoms with Crippen molar-refractivity contribution in [2.24, 2.45) is 0 Å². The van der Waals surface area contributed by atoms with Crippen LogP contribution in [0.5, 0.6) is 0 Å². The van der Waals surface area contributed by atoms with E-state index in [2.05, 4.69) is 10.4 Å². The number of carbonyl (C=O) groups is 1. The van der Waals surface area contributed by atoms with Crippen LogP contribution in [0.15, 0.2) is 53.3 Å². The van der Waals surface area contributed by atoms with Crippen LogP contribution in [0.4, 0.5) is 0 Å². The Labute approximate surface area is 128 Å². The van der Waals surface area contributed by atoms with E-state index in [9.17, 15) is 4.79 Å². The zero-order chi connectivity index (χ0) is 15.4. The third-order valence-corrected chi connectivity index (χ3v) is 3.66. The molecular formula is C17H19N3O2. The molecule has 5 nitrogen and oxygen atoms in total. The van der Waals surface area contributed by atoms with Crippen molar-refractivity contribution < 1.29 is 9.21 Å². The van der Waals surface area contributed by atoms with E-state index >= 15 is 0 Å². The zero-order valence-electron chi connectivity index (χ0n) is 12.5. The fourth-order valence-corrected chi connectivity index (χ4v) is 2.49. The fourth-order valence-electron chi connectivity index (χ4n) is 2.49.